The van der Waals surface area contributed by atoms with Crippen molar-refractivity contribution in [1.29, 1.82) is 0 Å². The highest BCUT2D eigenvalue weighted by Crippen LogP contribution is 2.40. The number of amides is 2. The maximum absolute atomic E-state index is 14.7. The number of aromatic nitrogens is 2. The van der Waals surface area contributed by atoms with E-state index in [0.717, 1.165) is 31.7 Å². The molecule has 1 fully saturated rings. The van der Waals surface area contributed by atoms with E-state index in [1.807, 2.05) is 6.92 Å². The van der Waals surface area contributed by atoms with E-state index < -0.39 is 11.7 Å². The van der Waals surface area contributed by atoms with Crippen LogP contribution in [0.3, 0.4) is 0 Å². The number of benzene rings is 1. The van der Waals surface area contributed by atoms with Crippen molar-refractivity contribution in [2.24, 2.45) is 0 Å². The molecule has 1 saturated carbocycles. The van der Waals surface area contributed by atoms with Crippen molar-refractivity contribution >= 4 is 35.0 Å². The molecule has 10 nitrogen and oxygen atoms in total. The molecule has 0 unspecified atom stereocenters. The van der Waals surface area contributed by atoms with Gasteiger partial charge in [-0.1, -0.05) is 19.8 Å². The summed E-state index contributed by atoms with van der Waals surface area (Å²) in [5.74, 6) is -0.299. The van der Waals surface area contributed by atoms with Crippen LogP contribution >= 0.6 is 0 Å². The summed E-state index contributed by atoms with van der Waals surface area (Å²) in [5, 5.41) is 14.6. The number of hydrogen-bond donors (Lipinski definition) is 3. The van der Waals surface area contributed by atoms with Crippen molar-refractivity contribution in [3.05, 3.63) is 29.7 Å². The van der Waals surface area contributed by atoms with Gasteiger partial charge in [-0.25, -0.2) is 9.37 Å². The Morgan fingerprint density at radius 3 is 2.71 bits per heavy atom. The first kappa shape index (κ1) is 24.6. The van der Waals surface area contributed by atoms with Gasteiger partial charge < -0.3 is 30.3 Å². The van der Waals surface area contributed by atoms with Crippen LogP contribution in [0.25, 0.3) is 0 Å². The Hall–Kier alpha value is -3.47. The molecule has 4 rings (SSSR count). The van der Waals surface area contributed by atoms with Gasteiger partial charge in [-0.15, -0.1) is 0 Å². The van der Waals surface area contributed by atoms with Gasteiger partial charge in [-0.05, 0) is 25.3 Å². The minimum absolute atomic E-state index is 0.0164. The van der Waals surface area contributed by atoms with Crippen LogP contribution in [0.15, 0.2) is 18.3 Å². The third-order valence-corrected chi connectivity index (χ3v) is 6.55. The van der Waals surface area contributed by atoms with Crippen molar-refractivity contribution in [3.8, 4) is 5.75 Å². The smallest absolute Gasteiger partial charge is 0.254 e. The minimum atomic E-state index is -0.745. The lowest BCUT2D eigenvalue weighted by Gasteiger charge is -2.43. The topological polar surface area (TPSA) is 120 Å². The molecule has 1 aromatic carbocycles. The Bertz CT molecular complexity index is 1110. The second kappa shape index (κ2) is 10.4. The Balaban J connectivity index is 1.73. The van der Waals surface area contributed by atoms with Crippen molar-refractivity contribution in [2.45, 2.75) is 51.1 Å². The summed E-state index contributed by atoms with van der Waals surface area (Å²) in [6, 6.07) is 2.31. The van der Waals surface area contributed by atoms with Gasteiger partial charge in [0.05, 0.1) is 24.1 Å². The van der Waals surface area contributed by atoms with Gasteiger partial charge >= 0.3 is 0 Å². The van der Waals surface area contributed by atoms with Crippen molar-refractivity contribution in [2.75, 3.05) is 42.4 Å². The highest BCUT2D eigenvalue weighted by molar-refractivity contribution is 6.04. The summed E-state index contributed by atoms with van der Waals surface area (Å²) >= 11 is 0. The van der Waals surface area contributed by atoms with E-state index in [9.17, 15) is 19.1 Å². The fourth-order valence-electron chi connectivity index (χ4n) is 4.80. The largest absolute Gasteiger partial charge is 0.489 e. The Morgan fingerprint density at radius 1 is 1.31 bits per heavy atom. The predicted octanol–water partition coefficient (Wildman–Crippen LogP) is 2.59. The predicted molar refractivity (Wildman–Crippen MR) is 130 cm³/mol. The number of aliphatic hydroxyl groups excluding tert-OH is 1. The number of hydrogen-bond acceptors (Lipinski definition) is 8. The molecule has 1 aliphatic heterocycles. The SMILES string of the molecule is CC[C@@H]1C(=O)N(C)c2cnc(Nc3cc(F)c(C(=O)NC)cc3OCCO)nc2N1C1CCCC1. The lowest BCUT2D eigenvalue weighted by Crippen LogP contribution is -2.55. The molecule has 0 saturated heterocycles. The van der Waals surface area contributed by atoms with Crippen molar-refractivity contribution in [3.63, 3.8) is 0 Å². The highest BCUT2D eigenvalue weighted by Gasteiger charge is 2.41. The fraction of sp³-hybridized carbons (Fsp3) is 0.500. The zero-order valence-corrected chi connectivity index (χ0v) is 20.2. The first-order chi connectivity index (χ1) is 16.9. The molecule has 1 aromatic heterocycles. The number of rotatable bonds is 8. The summed E-state index contributed by atoms with van der Waals surface area (Å²) in [4.78, 5) is 37.9. The van der Waals surface area contributed by atoms with Crippen LogP contribution in [0.4, 0.5) is 27.5 Å². The van der Waals surface area contributed by atoms with Gasteiger partial charge in [0.2, 0.25) is 11.9 Å². The summed E-state index contributed by atoms with van der Waals surface area (Å²) in [6.07, 6.45) is 6.43. The zero-order valence-electron chi connectivity index (χ0n) is 20.2. The Kier molecular flexibility index (Phi) is 7.34. The van der Waals surface area contributed by atoms with Crippen LogP contribution in [-0.4, -0.2) is 66.3 Å². The Morgan fingerprint density at radius 2 is 2.06 bits per heavy atom. The average Bonchev–Trinajstić information content (AvgIpc) is 3.39. The van der Waals surface area contributed by atoms with Crippen molar-refractivity contribution in [1.82, 2.24) is 15.3 Å². The van der Waals surface area contributed by atoms with Gasteiger partial charge in [0.25, 0.3) is 5.91 Å². The molecule has 3 N–H and O–H groups in total. The summed E-state index contributed by atoms with van der Waals surface area (Å²) in [6.45, 7) is 1.70. The van der Waals surface area contributed by atoms with E-state index in [1.165, 1.54) is 13.1 Å². The average molecular weight is 487 g/mol. The van der Waals surface area contributed by atoms with Crippen LogP contribution in [0.5, 0.6) is 5.75 Å². The normalized spacial score (nSPS) is 18.0. The number of likely N-dealkylation sites (N-methyl/N-ethyl adjacent to an activating group) is 1. The van der Waals surface area contributed by atoms with Gasteiger partial charge in [0.1, 0.15) is 29.9 Å². The van der Waals surface area contributed by atoms with Crippen LogP contribution in [0, 0.1) is 5.82 Å². The fourth-order valence-corrected chi connectivity index (χ4v) is 4.80. The summed E-state index contributed by atoms with van der Waals surface area (Å²) in [5.41, 5.74) is 0.647. The van der Waals surface area contributed by atoms with E-state index in [4.69, 9.17) is 9.72 Å². The van der Waals surface area contributed by atoms with Crippen LogP contribution in [0.1, 0.15) is 49.4 Å². The van der Waals surface area contributed by atoms with E-state index in [0.29, 0.717) is 17.9 Å². The Labute approximate surface area is 203 Å². The molecule has 1 atom stereocenters. The number of fused-ring (bicyclic) bond motifs is 1. The number of carbonyl (C=O) groups is 2. The molecular weight excluding hydrogens is 455 g/mol. The third-order valence-electron chi connectivity index (χ3n) is 6.55. The van der Waals surface area contributed by atoms with Gasteiger partial charge in [0, 0.05) is 26.2 Å². The second-order valence-electron chi connectivity index (χ2n) is 8.67. The standard InChI is InChI=1S/C24H31FN6O4/c1-4-18-23(34)30(3)19-13-27-24(29-21(19)31(18)14-7-5-6-8-14)28-17-12-16(25)15(22(33)26-2)11-20(17)35-10-9-32/h11-14,18,32H,4-10H2,1-3H3,(H,26,33)(H,27,28,29)/t18-/m1/s1. The number of aliphatic hydroxyl groups is 1. The quantitative estimate of drug-likeness (QED) is 0.521. The van der Waals surface area contributed by atoms with Crippen LogP contribution in [-0.2, 0) is 4.79 Å². The summed E-state index contributed by atoms with van der Waals surface area (Å²) in [7, 11) is 3.13. The molecular formula is C24H31FN6O4. The number of nitrogens with one attached hydrogen (secondary N) is 2. The lowest BCUT2D eigenvalue weighted by atomic mass is 10.0. The molecule has 0 bridgehead atoms. The van der Waals surface area contributed by atoms with Crippen LogP contribution < -0.4 is 25.2 Å². The molecule has 2 amide bonds. The molecule has 188 valence electrons. The number of anilines is 4. The van der Waals surface area contributed by atoms with Crippen molar-refractivity contribution < 1.29 is 23.8 Å². The van der Waals surface area contributed by atoms with Gasteiger partial charge in [-0.2, -0.15) is 4.98 Å². The first-order valence-corrected chi connectivity index (χ1v) is 11.9. The number of nitrogens with zero attached hydrogens (tertiary/aromatic N) is 4. The molecule has 2 aliphatic rings. The molecule has 2 heterocycles. The zero-order chi connectivity index (χ0) is 25.1. The maximum Gasteiger partial charge on any atom is 0.254 e. The molecule has 0 spiro atoms. The summed E-state index contributed by atoms with van der Waals surface area (Å²) < 4.78 is 20.3. The second-order valence-corrected chi connectivity index (χ2v) is 8.67. The molecule has 11 heteroatoms. The number of ether oxygens (including phenoxy) is 1. The van der Waals surface area contributed by atoms with Gasteiger partial charge in [0.15, 0.2) is 5.82 Å². The molecule has 35 heavy (non-hydrogen) atoms. The van der Waals surface area contributed by atoms with Crippen LogP contribution in [0.2, 0.25) is 0 Å². The molecule has 0 radical (unpaired) electrons. The van der Waals surface area contributed by atoms with E-state index >= 15 is 0 Å². The van der Waals surface area contributed by atoms with E-state index in [1.54, 1.807) is 18.1 Å². The monoisotopic (exact) mass is 486 g/mol. The number of carbonyl (C=O) groups excluding carboxylic acids is 2. The highest BCUT2D eigenvalue weighted by atomic mass is 19.1. The molecule has 1 aliphatic carbocycles. The molecule has 2 aromatic rings. The third kappa shape index (κ3) is 4.72. The maximum atomic E-state index is 14.7. The van der Waals surface area contributed by atoms with Gasteiger partial charge in [-0.3, -0.25) is 9.59 Å². The first-order valence-electron chi connectivity index (χ1n) is 11.9. The minimum Gasteiger partial charge on any atom is -0.489 e. The van der Waals surface area contributed by atoms with E-state index in [2.05, 4.69) is 20.5 Å². The number of halogens is 1. The lowest BCUT2D eigenvalue weighted by molar-refractivity contribution is -0.120. The van der Waals surface area contributed by atoms with E-state index in [-0.39, 0.29) is 54.2 Å².